The third kappa shape index (κ3) is 6.39. The van der Waals surface area contributed by atoms with Crippen LogP contribution in [0.2, 0.25) is 0 Å². The number of ether oxygens (including phenoxy) is 1. The summed E-state index contributed by atoms with van der Waals surface area (Å²) >= 11 is 0. The summed E-state index contributed by atoms with van der Waals surface area (Å²) in [4.78, 5) is 35.1. The molecule has 0 radical (unpaired) electrons. The number of carbonyl (C=O) groups is 2. The molecule has 1 aliphatic heterocycles. The Labute approximate surface area is 216 Å². The Morgan fingerprint density at radius 3 is 2.59 bits per heavy atom. The number of nitrogens with zero attached hydrogens (tertiary/aromatic N) is 3. The molecular weight excluding hydrogens is 468 g/mol. The molecule has 1 aromatic heterocycles. The monoisotopic (exact) mass is 498 g/mol. The summed E-state index contributed by atoms with van der Waals surface area (Å²) < 4.78 is 6.02. The number of anilines is 3. The number of hydrogen-bond acceptors (Lipinski definition) is 7. The van der Waals surface area contributed by atoms with Crippen LogP contribution < -0.4 is 21.1 Å². The molecule has 0 atom stereocenters. The maximum Gasteiger partial charge on any atom is 0.271 e. The first kappa shape index (κ1) is 25.6. The Hall–Kier alpha value is -4.50. The van der Waals surface area contributed by atoms with Crippen molar-refractivity contribution in [2.45, 2.75) is 19.8 Å². The van der Waals surface area contributed by atoms with Crippen molar-refractivity contribution in [1.82, 2.24) is 14.9 Å². The number of aryl methyl sites for hydroxylation is 1. The summed E-state index contributed by atoms with van der Waals surface area (Å²) in [5.74, 6) is -0.156. The molecular formula is C28H30N6O3. The van der Waals surface area contributed by atoms with Crippen LogP contribution in [0.5, 0.6) is 11.6 Å². The van der Waals surface area contributed by atoms with Crippen molar-refractivity contribution in [3.05, 3.63) is 84.2 Å². The Bertz CT molecular complexity index is 1350. The quantitative estimate of drug-likeness (QED) is 0.371. The highest BCUT2D eigenvalue weighted by atomic mass is 16.5. The minimum atomic E-state index is -0.696. The van der Waals surface area contributed by atoms with Crippen molar-refractivity contribution in [1.29, 1.82) is 0 Å². The van der Waals surface area contributed by atoms with Crippen LogP contribution in [0.4, 0.5) is 17.2 Å². The van der Waals surface area contributed by atoms with Crippen molar-refractivity contribution in [2.24, 2.45) is 5.73 Å². The molecule has 37 heavy (non-hydrogen) atoms. The predicted molar refractivity (Wildman–Crippen MR) is 145 cm³/mol. The van der Waals surface area contributed by atoms with Gasteiger partial charge in [-0.2, -0.15) is 4.98 Å². The van der Waals surface area contributed by atoms with Crippen LogP contribution in [-0.2, 0) is 11.2 Å². The van der Waals surface area contributed by atoms with Crippen LogP contribution >= 0.6 is 0 Å². The van der Waals surface area contributed by atoms with Crippen LogP contribution in [0.15, 0.2) is 67.3 Å². The van der Waals surface area contributed by atoms with E-state index in [-0.39, 0.29) is 23.3 Å². The second kappa shape index (κ2) is 11.5. The highest BCUT2D eigenvalue weighted by molar-refractivity contribution is 5.99. The number of nitrogens with one attached hydrogen (secondary N) is 2. The average Bonchev–Trinajstić information content (AvgIpc) is 2.90. The number of rotatable bonds is 9. The van der Waals surface area contributed by atoms with Gasteiger partial charge in [0, 0.05) is 30.5 Å². The van der Waals surface area contributed by atoms with Gasteiger partial charge in [-0.15, -0.1) is 0 Å². The molecule has 0 saturated heterocycles. The number of likely N-dealkylation sites (N-methyl/N-ethyl adjacent to an activating group) is 1. The fraction of sp³-hybridized carbons (Fsp3) is 0.214. The van der Waals surface area contributed by atoms with Gasteiger partial charge in [-0.05, 0) is 61.4 Å². The molecule has 0 bridgehead atoms. The van der Waals surface area contributed by atoms with Gasteiger partial charge in [-0.1, -0.05) is 37.8 Å². The summed E-state index contributed by atoms with van der Waals surface area (Å²) in [6.45, 7) is 7.30. The van der Waals surface area contributed by atoms with E-state index in [1.165, 1.54) is 11.6 Å². The molecule has 9 nitrogen and oxygen atoms in total. The highest BCUT2D eigenvalue weighted by Gasteiger charge is 2.19. The van der Waals surface area contributed by atoms with Crippen LogP contribution in [-0.4, -0.2) is 46.8 Å². The Morgan fingerprint density at radius 1 is 1.16 bits per heavy atom. The second-order valence-corrected chi connectivity index (χ2v) is 8.66. The molecule has 0 spiro atoms. The molecule has 190 valence electrons. The van der Waals surface area contributed by atoms with Crippen LogP contribution in [0.1, 0.15) is 35.1 Å². The molecule has 0 aliphatic carbocycles. The number of amides is 2. The van der Waals surface area contributed by atoms with E-state index < -0.39 is 5.91 Å². The van der Waals surface area contributed by atoms with Crippen molar-refractivity contribution in [3.63, 3.8) is 0 Å². The van der Waals surface area contributed by atoms with E-state index in [4.69, 9.17) is 10.5 Å². The summed E-state index contributed by atoms with van der Waals surface area (Å²) in [7, 11) is 2.11. The molecule has 1 aliphatic rings. The molecule has 4 N–H and O–H groups in total. The second-order valence-electron chi connectivity index (χ2n) is 8.66. The van der Waals surface area contributed by atoms with E-state index in [0.717, 1.165) is 30.8 Å². The van der Waals surface area contributed by atoms with E-state index >= 15 is 0 Å². The number of benzene rings is 2. The van der Waals surface area contributed by atoms with Crippen LogP contribution in [0.25, 0.3) is 5.57 Å². The average molecular weight is 499 g/mol. The Balaban J connectivity index is 1.60. The van der Waals surface area contributed by atoms with Gasteiger partial charge in [0.2, 0.25) is 11.8 Å². The van der Waals surface area contributed by atoms with Crippen LogP contribution in [0, 0.1) is 0 Å². The van der Waals surface area contributed by atoms with E-state index in [1.54, 1.807) is 24.3 Å². The van der Waals surface area contributed by atoms with E-state index in [1.807, 2.05) is 31.2 Å². The van der Waals surface area contributed by atoms with Gasteiger partial charge < -0.3 is 26.0 Å². The lowest BCUT2D eigenvalue weighted by molar-refractivity contribution is -0.111. The summed E-state index contributed by atoms with van der Waals surface area (Å²) in [5, 5.41) is 5.86. The molecule has 0 fully saturated rings. The van der Waals surface area contributed by atoms with Crippen molar-refractivity contribution < 1.29 is 14.3 Å². The zero-order valence-corrected chi connectivity index (χ0v) is 21.0. The molecule has 2 amide bonds. The van der Waals surface area contributed by atoms with Gasteiger partial charge in [-0.25, -0.2) is 4.98 Å². The molecule has 4 rings (SSSR count). The lowest BCUT2D eigenvalue weighted by Gasteiger charge is -2.22. The van der Waals surface area contributed by atoms with Crippen molar-refractivity contribution >= 4 is 34.6 Å². The van der Waals surface area contributed by atoms with Gasteiger partial charge >= 0.3 is 0 Å². The largest absolute Gasteiger partial charge is 0.437 e. The van der Waals surface area contributed by atoms with Gasteiger partial charge in [-0.3, -0.25) is 9.59 Å². The molecule has 9 heteroatoms. The van der Waals surface area contributed by atoms with Crippen molar-refractivity contribution in [3.8, 4) is 11.6 Å². The lowest BCUT2D eigenvalue weighted by atomic mass is 9.99. The number of nitrogens with two attached hydrogens (primary N) is 1. The zero-order chi connectivity index (χ0) is 26.4. The summed E-state index contributed by atoms with van der Waals surface area (Å²) in [5.41, 5.74) is 9.88. The molecule has 2 heterocycles. The maximum atomic E-state index is 12.2. The minimum absolute atomic E-state index is 0.0262. The third-order valence-corrected chi connectivity index (χ3v) is 5.93. The first-order chi connectivity index (χ1) is 17.9. The third-order valence-electron chi connectivity index (χ3n) is 5.93. The molecule has 0 saturated carbocycles. The number of aromatic nitrogens is 2. The van der Waals surface area contributed by atoms with E-state index in [9.17, 15) is 9.59 Å². The zero-order valence-electron chi connectivity index (χ0n) is 21.0. The minimum Gasteiger partial charge on any atom is -0.437 e. The first-order valence-corrected chi connectivity index (χ1v) is 12.0. The SMILES string of the molecule is C=CC(=O)Nc1cccc(Oc2nc(Nc3ccc(C4=CCN(C)CC4)cc3)c(C(N)=O)nc2CC)c1. The molecule has 2 aromatic carbocycles. The topological polar surface area (TPSA) is 122 Å². The fourth-order valence-electron chi connectivity index (χ4n) is 3.91. The maximum absolute atomic E-state index is 12.2. The predicted octanol–water partition coefficient (Wildman–Crippen LogP) is 4.52. The van der Waals surface area contributed by atoms with Gasteiger partial charge in [0.15, 0.2) is 11.5 Å². The first-order valence-electron chi connectivity index (χ1n) is 12.0. The normalized spacial score (nSPS) is 13.4. The standard InChI is InChI=1S/C28H30N6O3/c1-4-23-28(37-22-8-6-7-21(17-22)30-24(35)5-2)33-27(25(32-23)26(29)36)31-20-11-9-18(10-12-20)19-13-15-34(3)16-14-19/h5-13,17H,2,4,14-16H2,1,3H3,(H2,29,36)(H,30,35)(H,31,33). The molecule has 0 unspecified atom stereocenters. The fourth-order valence-corrected chi connectivity index (χ4v) is 3.91. The highest BCUT2D eigenvalue weighted by Crippen LogP contribution is 2.30. The van der Waals surface area contributed by atoms with Gasteiger partial charge in [0.25, 0.3) is 5.91 Å². The Morgan fingerprint density at radius 2 is 1.95 bits per heavy atom. The van der Waals surface area contributed by atoms with Gasteiger partial charge in [0.1, 0.15) is 11.4 Å². The van der Waals surface area contributed by atoms with Crippen molar-refractivity contribution in [2.75, 3.05) is 30.8 Å². The van der Waals surface area contributed by atoms with Crippen LogP contribution in [0.3, 0.4) is 0 Å². The lowest BCUT2D eigenvalue weighted by Crippen LogP contribution is -2.23. The smallest absolute Gasteiger partial charge is 0.271 e. The molecule has 3 aromatic rings. The van der Waals surface area contributed by atoms with Gasteiger partial charge in [0.05, 0.1) is 0 Å². The Kier molecular flexibility index (Phi) is 7.95. The summed E-state index contributed by atoms with van der Waals surface area (Å²) in [6.07, 6.45) is 4.90. The number of carbonyl (C=O) groups excluding carboxylic acids is 2. The number of primary amides is 1. The number of hydrogen-bond donors (Lipinski definition) is 3. The summed E-state index contributed by atoms with van der Waals surface area (Å²) in [6, 6.07) is 14.8. The van der Waals surface area contributed by atoms with E-state index in [0.29, 0.717) is 23.6 Å². The van der Waals surface area contributed by atoms with E-state index in [2.05, 4.69) is 45.2 Å².